The molecule has 0 aromatic rings. The largest absolute Gasteiger partial charge is 0.457 e. The van der Waals surface area contributed by atoms with Crippen molar-refractivity contribution < 1.29 is 9.53 Å². The minimum absolute atomic E-state index is 0.476. The molecule has 0 aliphatic carbocycles. The fourth-order valence-corrected chi connectivity index (χ4v) is 1.10. The van der Waals surface area contributed by atoms with E-state index in [2.05, 4.69) is 20.4 Å². The van der Waals surface area contributed by atoms with Gasteiger partial charge >= 0.3 is 0 Å². The topological polar surface area (TPSA) is 26.3 Å². The summed E-state index contributed by atoms with van der Waals surface area (Å²) in [4.78, 5) is 10.1. The quantitative estimate of drug-likeness (QED) is 0.450. The van der Waals surface area contributed by atoms with E-state index in [9.17, 15) is 4.79 Å². The molecule has 0 aliphatic heterocycles. The Bertz CT molecular complexity index is 140. The van der Waals surface area contributed by atoms with E-state index in [1.54, 1.807) is 6.08 Å². The monoisotopic (exact) mass is 156 g/mol. The molecule has 0 aromatic carbocycles. The minimum atomic E-state index is -0.490. The summed E-state index contributed by atoms with van der Waals surface area (Å²) in [7, 11) is 0. The molecule has 0 fully saturated rings. The van der Waals surface area contributed by atoms with Crippen LogP contribution in [0, 0.1) is 5.92 Å². The predicted molar refractivity (Wildman–Crippen MR) is 45.2 cm³/mol. The summed E-state index contributed by atoms with van der Waals surface area (Å²) in [5, 5.41) is 0. The van der Waals surface area contributed by atoms with E-state index in [1.807, 2.05) is 6.92 Å². The highest BCUT2D eigenvalue weighted by Gasteiger charge is 2.22. The van der Waals surface area contributed by atoms with Gasteiger partial charge in [0.1, 0.15) is 5.60 Å². The molecule has 0 aliphatic rings. The SMILES string of the molecule is C=CC(C)(CC(C)C)OC=O. The van der Waals surface area contributed by atoms with Crippen molar-refractivity contribution in [3.8, 4) is 0 Å². The smallest absolute Gasteiger partial charge is 0.293 e. The van der Waals surface area contributed by atoms with Gasteiger partial charge < -0.3 is 4.74 Å². The van der Waals surface area contributed by atoms with Crippen LogP contribution >= 0.6 is 0 Å². The van der Waals surface area contributed by atoms with Crippen molar-refractivity contribution in [1.29, 1.82) is 0 Å². The molecule has 1 atom stereocenters. The van der Waals surface area contributed by atoms with Gasteiger partial charge in [0.15, 0.2) is 0 Å². The maximum absolute atomic E-state index is 10.1. The Morgan fingerprint density at radius 1 is 1.64 bits per heavy atom. The molecule has 0 rings (SSSR count). The van der Waals surface area contributed by atoms with Gasteiger partial charge in [0, 0.05) is 0 Å². The van der Waals surface area contributed by atoms with E-state index in [1.165, 1.54) is 0 Å². The van der Waals surface area contributed by atoms with E-state index < -0.39 is 5.60 Å². The first kappa shape index (κ1) is 10.2. The van der Waals surface area contributed by atoms with Crippen LogP contribution in [-0.4, -0.2) is 12.1 Å². The van der Waals surface area contributed by atoms with Crippen LogP contribution in [0.3, 0.4) is 0 Å². The molecular weight excluding hydrogens is 140 g/mol. The Morgan fingerprint density at radius 2 is 2.18 bits per heavy atom. The number of rotatable bonds is 5. The van der Waals surface area contributed by atoms with Gasteiger partial charge in [-0.15, -0.1) is 0 Å². The summed E-state index contributed by atoms with van der Waals surface area (Å²) in [5.41, 5.74) is -0.490. The molecule has 0 saturated carbocycles. The van der Waals surface area contributed by atoms with E-state index >= 15 is 0 Å². The number of hydrogen-bond acceptors (Lipinski definition) is 2. The van der Waals surface area contributed by atoms with E-state index in [0.29, 0.717) is 12.4 Å². The lowest BCUT2D eigenvalue weighted by Gasteiger charge is -2.25. The molecule has 64 valence electrons. The maximum atomic E-state index is 10.1. The van der Waals surface area contributed by atoms with Crippen LogP contribution in [0.25, 0.3) is 0 Å². The Kier molecular flexibility index (Phi) is 3.86. The van der Waals surface area contributed by atoms with Crippen LogP contribution in [0.2, 0.25) is 0 Å². The molecule has 0 N–H and O–H groups in total. The van der Waals surface area contributed by atoms with Gasteiger partial charge in [0.2, 0.25) is 0 Å². The summed E-state index contributed by atoms with van der Waals surface area (Å²) >= 11 is 0. The third-order valence-corrected chi connectivity index (χ3v) is 1.56. The van der Waals surface area contributed by atoms with Gasteiger partial charge in [-0.2, -0.15) is 0 Å². The van der Waals surface area contributed by atoms with E-state index in [0.717, 1.165) is 6.42 Å². The molecular formula is C9H16O2. The van der Waals surface area contributed by atoms with Crippen molar-refractivity contribution in [3.63, 3.8) is 0 Å². The lowest BCUT2D eigenvalue weighted by atomic mass is 9.94. The summed E-state index contributed by atoms with van der Waals surface area (Å²) < 4.78 is 4.89. The van der Waals surface area contributed by atoms with Crippen molar-refractivity contribution in [2.24, 2.45) is 5.92 Å². The molecule has 0 aromatic heterocycles. The lowest BCUT2D eigenvalue weighted by Crippen LogP contribution is -2.27. The number of carbonyl (C=O) groups is 1. The molecule has 1 unspecified atom stereocenters. The lowest BCUT2D eigenvalue weighted by molar-refractivity contribution is -0.138. The third-order valence-electron chi connectivity index (χ3n) is 1.56. The molecule has 0 saturated heterocycles. The highest BCUT2D eigenvalue weighted by atomic mass is 16.5. The minimum Gasteiger partial charge on any atom is -0.457 e. The van der Waals surface area contributed by atoms with Crippen molar-refractivity contribution in [3.05, 3.63) is 12.7 Å². The van der Waals surface area contributed by atoms with Crippen molar-refractivity contribution >= 4 is 6.47 Å². The average molecular weight is 156 g/mol. The zero-order valence-electron chi connectivity index (χ0n) is 7.46. The molecule has 2 heteroatoms. The molecule has 0 radical (unpaired) electrons. The van der Waals surface area contributed by atoms with Crippen LogP contribution in [0.1, 0.15) is 27.2 Å². The first-order chi connectivity index (χ1) is 5.04. The Balaban J connectivity index is 4.08. The van der Waals surface area contributed by atoms with Gasteiger partial charge in [-0.25, -0.2) is 0 Å². The van der Waals surface area contributed by atoms with Crippen molar-refractivity contribution in [2.75, 3.05) is 0 Å². The Labute approximate surface area is 68.2 Å². The zero-order chi connectivity index (χ0) is 8.91. The fourth-order valence-electron chi connectivity index (χ4n) is 1.10. The van der Waals surface area contributed by atoms with Crippen LogP contribution < -0.4 is 0 Å². The normalized spacial score (nSPS) is 15.6. The second kappa shape index (κ2) is 4.16. The summed E-state index contributed by atoms with van der Waals surface area (Å²) in [6.45, 7) is 10.1. The molecule has 0 amide bonds. The van der Waals surface area contributed by atoms with E-state index in [-0.39, 0.29) is 0 Å². The second-order valence-electron chi connectivity index (χ2n) is 3.33. The van der Waals surface area contributed by atoms with Crippen LogP contribution in [-0.2, 0) is 9.53 Å². The Morgan fingerprint density at radius 3 is 2.45 bits per heavy atom. The highest BCUT2D eigenvalue weighted by Crippen LogP contribution is 2.20. The highest BCUT2D eigenvalue weighted by molar-refractivity contribution is 5.39. The van der Waals surface area contributed by atoms with Crippen LogP contribution in [0.4, 0.5) is 0 Å². The summed E-state index contributed by atoms with van der Waals surface area (Å²) in [5.74, 6) is 0.498. The molecule has 0 heterocycles. The zero-order valence-corrected chi connectivity index (χ0v) is 7.46. The van der Waals surface area contributed by atoms with E-state index in [4.69, 9.17) is 4.74 Å². The van der Waals surface area contributed by atoms with Gasteiger partial charge in [-0.3, -0.25) is 4.79 Å². The number of ether oxygens (including phenoxy) is 1. The summed E-state index contributed by atoms with van der Waals surface area (Å²) in [6.07, 6.45) is 2.48. The molecule has 0 bridgehead atoms. The van der Waals surface area contributed by atoms with Crippen molar-refractivity contribution in [1.82, 2.24) is 0 Å². The van der Waals surface area contributed by atoms with Crippen molar-refractivity contribution in [2.45, 2.75) is 32.8 Å². The molecule has 11 heavy (non-hydrogen) atoms. The number of hydrogen-bond donors (Lipinski definition) is 0. The van der Waals surface area contributed by atoms with Gasteiger partial charge in [-0.1, -0.05) is 20.4 Å². The maximum Gasteiger partial charge on any atom is 0.293 e. The van der Waals surface area contributed by atoms with Crippen LogP contribution in [0.15, 0.2) is 12.7 Å². The number of carbonyl (C=O) groups excluding carboxylic acids is 1. The molecule has 2 nitrogen and oxygen atoms in total. The summed E-state index contributed by atoms with van der Waals surface area (Å²) in [6, 6.07) is 0. The second-order valence-corrected chi connectivity index (χ2v) is 3.33. The fraction of sp³-hybridized carbons (Fsp3) is 0.667. The van der Waals surface area contributed by atoms with Gasteiger partial charge in [-0.05, 0) is 25.3 Å². The average Bonchev–Trinajstić information content (AvgIpc) is 1.87. The molecule has 0 spiro atoms. The first-order valence-electron chi connectivity index (χ1n) is 3.79. The predicted octanol–water partition coefficient (Wildman–Crippen LogP) is 2.15. The first-order valence-corrected chi connectivity index (χ1v) is 3.79. The Hall–Kier alpha value is -0.790. The van der Waals surface area contributed by atoms with Gasteiger partial charge in [0.05, 0.1) is 0 Å². The van der Waals surface area contributed by atoms with Crippen LogP contribution in [0.5, 0.6) is 0 Å². The van der Waals surface area contributed by atoms with Gasteiger partial charge in [0.25, 0.3) is 6.47 Å². The third kappa shape index (κ3) is 3.81. The standard InChI is InChI=1S/C9H16O2/c1-5-9(4,11-7-10)6-8(2)3/h5,7-8H,1,6H2,2-4H3.